The van der Waals surface area contributed by atoms with Crippen LogP contribution in [0.1, 0.15) is 10.4 Å². The number of urea groups is 1. The Hall–Kier alpha value is -2.05. The molecule has 0 saturated heterocycles. The molecule has 5 nitrogen and oxygen atoms in total. The van der Waals surface area contributed by atoms with Gasteiger partial charge in [0.05, 0.1) is 6.61 Å². The Labute approximate surface area is 140 Å². The second-order valence-electron chi connectivity index (χ2n) is 5.46. The van der Waals surface area contributed by atoms with Gasteiger partial charge in [-0.1, -0.05) is 0 Å². The maximum absolute atomic E-state index is 11.7. The van der Waals surface area contributed by atoms with Crippen LogP contribution < -0.4 is 15.5 Å². The van der Waals surface area contributed by atoms with E-state index >= 15 is 0 Å². The number of methoxy groups -OCH3 is 1. The molecule has 122 valence electrons. The fourth-order valence-electron chi connectivity index (χ4n) is 2.67. The molecule has 0 radical (unpaired) electrons. The van der Waals surface area contributed by atoms with Gasteiger partial charge in [0.15, 0.2) is 0 Å². The molecule has 0 unspecified atom stereocenters. The monoisotopic (exact) mass is 331 g/mol. The molecule has 1 aromatic carbocycles. The van der Waals surface area contributed by atoms with Gasteiger partial charge >= 0.3 is 6.03 Å². The van der Waals surface area contributed by atoms with E-state index in [1.807, 2.05) is 23.5 Å². The van der Waals surface area contributed by atoms with Crippen LogP contribution in [-0.2, 0) is 17.7 Å². The maximum atomic E-state index is 11.7. The number of hydrogen-bond acceptors (Lipinski definition) is 4. The highest BCUT2D eigenvalue weighted by Crippen LogP contribution is 2.28. The van der Waals surface area contributed by atoms with Crippen molar-refractivity contribution in [1.29, 1.82) is 0 Å². The van der Waals surface area contributed by atoms with Crippen molar-refractivity contribution in [2.75, 3.05) is 37.0 Å². The maximum Gasteiger partial charge on any atom is 0.319 e. The van der Waals surface area contributed by atoms with Gasteiger partial charge in [-0.25, -0.2) is 4.79 Å². The summed E-state index contributed by atoms with van der Waals surface area (Å²) in [6.45, 7) is 3.00. The summed E-state index contributed by atoms with van der Waals surface area (Å²) in [6.07, 6.45) is 1.11. The highest BCUT2D eigenvalue weighted by atomic mass is 32.1. The smallest absolute Gasteiger partial charge is 0.319 e. The van der Waals surface area contributed by atoms with E-state index in [2.05, 4.69) is 39.1 Å². The Morgan fingerprint density at radius 2 is 2.13 bits per heavy atom. The third-order valence-corrected chi connectivity index (χ3v) is 4.91. The predicted octanol–water partition coefficient (Wildman–Crippen LogP) is 3.08. The summed E-state index contributed by atoms with van der Waals surface area (Å²) in [5.74, 6) is 0. The van der Waals surface area contributed by atoms with Crippen LogP contribution in [0.25, 0.3) is 0 Å². The molecule has 1 aliphatic rings. The summed E-state index contributed by atoms with van der Waals surface area (Å²) in [5, 5.41) is 7.72. The number of thiophene rings is 1. The van der Waals surface area contributed by atoms with Crippen molar-refractivity contribution in [1.82, 2.24) is 5.32 Å². The van der Waals surface area contributed by atoms with Gasteiger partial charge in [-0.15, -0.1) is 11.3 Å². The van der Waals surface area contributed by atoms with Crippen LogP contribution in [0.4, 0.5) is 16.2 Å². The number of hydrogen-bond donors (Lipinski definition) is 2. The average molecular weight is 331 g/mol. The van der Waals surface area contributed by atoms with Crippen LogP contribution in [0, 0.1) is 0 Å². The molecule has 0 atom stereocenters. The number of nitrogens with one attached hydrogen (secondary N) is 2. The van der Waals surface area contributed by atoms with E-state index in [4.69, 9.17) is 4.74 Å². The molecule has 0 bridgehead atoms. The summed E-state index contributed by atoms with van der Waals surface area (Å²) < 4.78 is 4.90. The molecule has 0 saturated carbocycles. The lowest BCUT2D eigenvalue weighted by atomic mass is 10.1. The fraction of sp³-hybridized carbons (Fsp3) is 0.353. The summed E-state index contributed by atoms with van der Waals surface area (Å²) in [4.78, 5) is 15.6. The molecule has 2 aromatic rings. The van der Waals surface area contributed by atoms with Crippen molar-refractivity contribution in [3.8, 4) is 0 Å². The van der Waals surface area contributed by atoms with Gasteiger partial charge in [0.25, 0.3) is 0 Å². The fourth-order valence-corrected chi connectivity index (χ4v) is 3.56. The standard InChI is InChI=1S/C17H21N3O2S/c1-22-10-8-18-17(21)19-14-2-4-15(5-3-14)20-9-6-16-13(12-20)7-11-23-16/h2-5,7,11H,6,8-10,12H2,1H3,(H2,18,19,21). The largest absolute Gasteiger partial charge is 0.383 e. The van der Waals surface area contributed by atoms with E-state index in [0.717, 1.165) is 25.2 Å². The minimum atomic E-state index is -0.212. The Balaban J connectivity index is 1.56. The number of fused-ring (bicyclic) bond motifs is 1. The number of carbonyl (C=O) groups excluding carboxylic acids is 1. The lowest BCUT2D eigenvalue weighted by molar-refractivity contribution is 0.198. The second-order valence-corrected chi connectivity index (χ2v) is 6.46. The highest BCUT2D eigenvalue weighted by molar-refractivity contribution is 7.10. The number of amides is 2. The zero-order valence-electron chi connectivity index (χ0n) is 13.2. The van der Waals surface area contributed by atoms with Gasteiger partial charge in [-0.05, 0) is 47.7 Å². The molecule has 2 heterocycles. The number of benzene rings is 1. The van der Waals surface area contributed by atoms with Crippen LogP contribution in [0.5, 0.6) is 0 Å². The lowest BCUT2D eigenvalue weighted by Gasteiger charge is -2.29. The van der Waals surface area contributed by atoms with Gasteiger partial charge in [-0.2, -0.15) is 0 Å². The van der Waals surface area contributed by atoms with Crippen LogP contribution in [0.15, 0.2) is 35.7 Å². The average Bonchev–Trinajstić information content (AvgIpc) is 3.03. The lowest BCUT2D eigenvalue weighted by Crippen LogP contribution is -2.31. The Kier molecular flexibility index (Phi) is 5.15. The SMILES string of the molecule is COCCNC(=O)Nc1ccc(N2CCc3sccc3C2)cc1. The van der Waals surface area contributed by atoms with Gasteiger partial charge < -0.3 is 20.3 Å². The van der Waals surface area contributed by atoms with E-state index in [1.165, 1.54) is 16.1 Å². The Morgan fingerprint density at radius 1 is 1.30 bits per heavy atom. The molecule has 1 aliphatic heterocycles. The quantitative estimate of drug-likeness (QED) is 0.828. The minimum absolute atomic E-state index is 0.212. The number of anilines is 2. The third-order valence-electron chi connectivity index (χ3n) is 3.89. The number of rotatable bonds is 5. The van der Waals surface area contributed by atoms with Gasteiger partial charge in [0.1, 0.15) is 0 Å². The molecular formula is C17H21N3O2S. The molecule has 2 N–H and O–H groups in total. The van der Waals surface area contributed by atoms with Crippen LogP contribution in [-0.4, -0.2) is 32.8 Å². The molecule has 23 heavy (non-hydrogen) atoms. The number of nitrogens with zero attached hydrogens (tertiary/aromatic N) is 1. The van der Waals surface area contributed by atoms with Crippen molar-refractivity contribution in [3.05, 3.63) is 46.2 Å². The molecule has 1 aromatic heterocycles. The van der Waals surface area contributed by atoms with Crippen molar-refractivity contribution in [3.63, 3.8) is 0 Å². The first-order chi connectivity index (χ1) is 11.3. The first-order valence-electron chi connectivity index (χ1n) is 7.70. The molecule has 3 rings (SSSR count). The van der Waals surface area contributed by atoms with E-state index in [9.17, 15) is 4.79 Å². The Morgan fingerprint density at radius 3 is 2.91 bits per heavy atom. The predicted molar refractivity (Wildman–Crippen MR) is 94.4 cm³/mol. The highest BCUT2D eigenvalue weighted by Gasteiger charge is 2.17. The van der Waals surface area contributed by atoms with E-state index in [-0.39, 0.29) is 6.03 Å². The molecule has 0 spiro atoms. The molecule has 2 amide bonds. The summed E-state index contributed by atoms with van der Waals surface area (Å²) in [5.41, 5.74) is 3.41. The molecular weight excluding hydrogens is 310 g/mol. The van der Waals surface area contributed by atoms with Gasteiger partial charge in [-0.3, -0.25) is 0 Å². The first kappa shape index (κ1) is 15.8. The van der Waals surface area contributed by atoms with Crippen LogP contribution in [0.3, 0.4) is 0 Å². The van der Waals surface area contributed by atoms with Crippen molar-refractivity contribution >= 4 is 28.7 Å². The topological polar surface area (TPSA) is 53.6 Å². The Bertz CT molecular complexity index is 654. The van der Waals surface area contributed by atoms with E-state index in [0.29, 0.717) is 13.2 Å². The molecule has 0 fully saturated rings. The number of carbonyl (C=O) groups is 1. The number of ether oxygens (including phenoxy) is 1. The van der Waals surface area contributed by atoms with Gasteiger partial charge in [0.2, 0.25) is 0 Å². The summed E-state index contributed by atoms with van der Waals surface area (Å²) >= 11 is 1.85. The summed E-state index contributed by atoms with van der Waals surface area (Å²) in [7, 11) is 1.61. The molecule has 0 aliphatic carbocycles. The molecule has 6 heteroatoms. The third kappa shape index (κ3) is 4.03. The summed E-state index contributed by atoms with van der Waals surface area (Å²) in [6, 6.07) is 10.00. The van der Waals surface area contributed by atoms with E-state index < -0.39 is 0 Å². The zero-order chi connectivity index (χ0) is 16.1. The van der Waals surface area contributed by atoms with Gasteiger partial charge in [0, 0.05) is 43.0 Å². The second kappa shape index (κ2) is 7.48. The van der Waals surface area contributed by atoms with Crippen LogP contribution >= 0.6 is 11.3 Å². The minimum Gasteiger partial charge on any atom is -0.383 e. The van der Waals surface area contributed by atoms with Crippen molar-refractivity contribution < 1.29 is 9.53 Å². The first-order valence-corrected chi connectivity index (χ1v) is 8.58. The van der Waals surface area contributed by atoms with Crippen molar-refractivity contribution in [2.45, 2.75) is 13.0 Å². The van der Waals surface area contributed by atoms with Crippen molar-refractivity contribution in [2.24, 2.45) is 0 Å². The van der Waals surface area contributed by atoms with E-state index in [1.54, 1.807) is 7.11 Å². The normalized spacial score (nSPS) is 13.5. The van der Waals surface area contributed by atoms with Crippen LogP contribution in [0.2, 0.25) is 0 Å². The zero-order valence-corrected chi connectivity index (χ0v) is 14.0.